The van der Waals surface area contributed by atoms with Crippen molar-refractivity contribution >= 4 is 40.7 Å². The van der Waals surface area contributed by atoms with Crippen molar-refractivity contribution in [3.05, 3.63) is 72.3 Å². The summed E-state index contributed by atoms with van der Waals surface area (Å²) < 4.78 is 0. The average molecular weight is 404 g/mol. The molecule has 0 saturated carbocycles. The molecule has 0 atom stereocenters. The van der Waals surface area contributed by atoms with E-state index in [0.29, 0.717) is 0 Å². The molecule has 4 heteroatoms. The Morgan fingerprint density at radius 2 is 1.50 bits per heavy atom. The number of hydrogen-bond donors (Lipinski definition) is 0. The van der Waals surface area contributed by atoms with Gasteiger partial charge in [0.05, 0.1) is 8.80 Å². The molecule has 0 aromatic heterocycles. The van der Waals surface area contributed by atoms with Crippen molar-refractivity contribution in [1.82, 2.24) is 0 Å². The van der Waals surface area contributed by atoms with E-state index in [1.54, 1.807) is 5.19 Å². The summed E-state index contributed by atoms with van der Waals surface area (Å²) in [6.07, 6.45) is 0. The summed E-state index contributed by atoms with van der Waals surface area (Å²) in [7, 11) is -0.697. The number of halogens is 2. The molecule has 4 aromatic rings. The van der Waals surface area contributed by atoms with Crippen LogP contribution in [0.3, 0.4) is 0 Å². The Hall–Kier alpha value is -0.829. The minimum atomic E-state index is -0.697. The monoisotopic (exact) mass is 403 g/mol. The van der Waals surface area contributed by atoms with E-state index in [-0.39, 0.29) is 46.5 Å². The van der Waals surface area contributed by atoms with Crippen LogP contribution in [-0.2, 0) is 21.7 Å². The van der Waals surface area contributed by atoms with E-state index >= 15 is 0 Å². The van der Waals surface area contributed by atoms with E-state index in [4.69, 9.17) is 0 Å². The van der Waals surface area contributed by atoms with E-state index < -0.39 is 8.80 Å². The van der Waals surface area contributed by atoms with Crippen molar-refractivity contribution in [2.75, 3.05) is 0 Å². The van der Waals surface area contributed by atoms with E-state index in [9.17, 15) is 0 Å². The fourth-order valence-electron chi connectivity index (χ4n) is 3.29. The zero-order valence-electron chi connectivity index (χ0n) is 13.6. The Morgan fingerprint density at radius 1 is 0.875 bits per heavy atom. The molecule has 0 fully saturated rings. The summed E-state index contributed by atoms with van der Waals surface area (Å²) >= 11 is 0. The first-order valence-electron chi connectivity index (χ1n) is 7.39. The molecule has 0 aliphatic carbocycles. The van der Waals surface area contributed by atoms with Gasteiger partial charge in [0.2, 0.25) is 0 Å². The van der Waals surface area contributed by atoms with Crippen molar-refractivity contribution in [2.24, 2.45) is 0 Å². The first-order chi connectivity index (χ1) is 10.2. The normalized spacial score (nSPS) is 10.3. The van der Waals surface area contributed by atoms with Crippen molar-refractivity contribution < 1.29 is 46.5 Å². The standard InChI is InChI=1S/C20H17Si.2ClH.Ti/c1-14-19-10-6-5-9-17(19)13-20(14)21(2)18-11-15-7-3-4-8-16(15)12-18;;;/h3-13H,1-2H3;2*1H;/q-2;;;+4/p-2. The smallest absolute Gasteiger partial charge is 1.00 e. The molecular weight excluding hydrogens is 387 g/mol. The van der Waals surface area contributed by atoms with Crippen LogP contribution in [0.5, 0.6) is 0 Å². The third-order valence-electron chi connectivity index (χ3n) is 4.52. The van der Waals surface area contributed by atoms with Gasteiger partial charge in [0.25, 0.3) is 0 Å². The van der Waals surface area contributed by atoms with Crippen LogP contribution in [0.1, 0.15) is 5.56 Å². The summed E-state index contributed by atoms with van der Waals surface area (Å²) in [5, 5.41) is 8.59. The molecule has 24 heavy (non-hydrogen) atoms. The third kappa shape index (κ3) is 3.56. The third-order valence-corrected chi connectivity index (χ3v) is 7.01. The zero-order chi connectivity index (χ0) is 14.4. The number of hydrogen-bond acceptors (Lipinski definition) is 0. The van der Waals surface area contributed by atoms with Crippen LogP contribution < -0.4 is 35.2 Å². The van der Waals surface area contributed by atoms with Crippen LogP contribution in [0.2, 0.25) is 6.55 Å². The molecule has 0 bridgehead atoms. The molecule has 1 radical (unpaired) electrons. The van der Waals surface area contributed by atoms with Crippen molar-refractivity contribution in [2.45, 2.75) is 13.5 Å². The Kier molecular flexibility index (Phi) is 7.52. The van der Waals surface area contributed by atoms with Crippen molar-refractivity contribution in [1.29, 1.82) is 0 Å². The summed E-state index contributed by atoms with van der Waals surface area (Å²) in [5.41, 5.74) is 1.47. The van der Waals surface area contributed by atoms with Crippen molar-refractivity contribution in [3.8, 4) is 0 Å². The first kappa shape index (κ1) is 21.2. The fraction of sp³-hybridized carbons (Fsp3) is 0.100. The minimum Gasteiger partial charge on any atom is -1.00 e. The Labute approximate surface area is 172 Å². The van der Waals surface area contributed by atoms with Gasteiger partial charge < -0.3 is 24.8 Å². The minimum absolute atomic E-state index is 0. The SMILES string of the molecule is C[c-]1c([Si](C)c2cc3ccccc3[cH-]2)cc2ccccc21.[Cl-].[Cl-].[Ti+4]. The zero-order valence-corrected chi connectivity index (χ0v) is 17.7. The van der Waals surface area contributed by atoms with Gasteiger partial charge in [0, 0.05) is 0 Å². The quantitative estimate of drug-likeness (QED) is 0.268. The van der Waals surface area contributed by atoms with Gasteiger partial charge in [-0.3, -0.25) is 0 Å². The largest absolute Gasteiger partial charge is 4.00 e. The summed E-state index contributed by atoms with van der Waals surface area (Å²) in [6, 6.07) is 24.5. The molecule has 119 valence electrons. The molecule has 0 saturated heterocycles. The Bertz CT molecular complexity index is 906. The van der Waals surface area contributed by atoms with E-state index in [0.717, 1.165) is 0 Å². The number of aryl methyl sites for hydroxylation is 1. The van der Waals surface area contributed by atoms with E-state index in [1.165, 1.54) is 32.3 Å². The van der Waals surface area contributed by atoms with Crippen LogP contribution in [0.15, 0.2) is 66.7 Å². The maximum absolute atomic E-state index is 2.42. The van der Waals surface area contributed by atoms with Gasteiger partial charge in [-0.15, -0.1) is 74.6 Å². The van der Waals surface area contributed by atoms with E-state index in [2.05, 4.69) is 80.2 Å². The molecule has 0 N–H and O–H groups in total. The van der Waals surface area contributed by atoms with Crippen molar-refractivity contribution in [3.63, 3.8) is 0 Å². The van der Waals surface area contributed by atoms with Crippen LogP contribution in [0, 0.1) is 6.92 Å². The molecule has 4 rings (SSSR count). The van der Waals surface area contributed by atoms with Gasteiger partial charge in [-0.1, -0.05) is 25.6 Å². The maximum Gasteiger partial charge on any atom is 4.00 e. The molecular formula is C20H17Cl2SiTi. The maximum atomic E-state index is 2.42. The van der Waals surface area contributed by atoms with Crippen LogP contribution in [0.25, 0.3) is 21.5 Å². The van der Waals surface area contributed by atoms with Gasteiger partial charge in [-0.2, -0.15) is 17.5 Å². The molecule has 0 aliphatic rings. The van der Waals surface area contributed by atoms with Crippen LogP contribution >= 0.6 is 0 Å². The first-order valence-corrected chi connectivity index (χ1v) is 9.39. The summed E-state index contributed by atoms with van der Waals surface area (Å²) in [5.74, 6) is 0. The summed E-state index contributed by atoms with van der Waals surface area (Å²) in [4.78, 5) is 0. The van der Waals surface area contributed by atoms with Gasteiger partial charge >= 0.3 is 21.7 Å². The summed E-state index contributed by atoms with van der Waals surface area (Å²) in [6.45, 7) is 4.69. The van der Waals surface area contributed by atoms with Crippen LogP contribution in [0.4, 0.5) is 0 Å². The van der Waals surface area contributed by atoms with Gasteiger partial charge in [-0.25, -0.2) is 0 Å². The number of benzene rings is 2. The predicted molar refractivity (Wildman–Crippen MR) is 94.7 cm³/mol. The average Bonchev–Trinajstić information content (AvgIpc) is 3.08. The van der Waals surface area contributed by atoms with Gasteiger partial charge in [0.15, 0.2) is 0 Å². The molecule has 0 unspecified atom stereocenters. The van der Waals surface area contributed by atoms with Gasteiger partial charge in [-0.05, 0) is 0 Å². The fourth-order valence-corrected chi connectivity index (χ4v) is 5.41. The number of fused-ring (bicyclic) bond motifs is 2. The Balaban J connectivity index is 0.000000960. The molecule has 0 amide bonds. The van der Waals surface area contributed by atoms with Crippen LogP contribution in [-0.4, -0.2) is 8.80 Å². The van der Waals surface area contributed by atoms with E-state index in [1.807, 2.05) is 0 Å². The number of rotatable bonds is 2. The second kappa shape index (κ2) is 8.51. The molecule has 4 aromatic carbocycles. The second-order valence-electron chi connectivity index (χ2n) is 5.77. The molecule has 0 nitrogen and oxygen atoms in total. The molecule has 0 heterocycles. The molecule has 0 aliphatic heterocycles. The molecule has 0 spiro atoms. The predicted octanol–water partition coefficient (Wildman–Crippen LogP) is -2.02. The topological polar surface area (TPSA) is 0 Å². The van der Waals surface area contributed by atoms with Gasteiger partial charge in [0.1, 0.15) is 0 Å². The second-order valence-corrected chi connectivity index (χ2v) is 8.13. The Morgan fingerprint density at radius 3 is 2.17 bits per heavy atom.